The van der Waals surface area contributed by atoms with Crippen molar-refractivity contribution in [2.24, 2.45) is 0 Å². The van der Waals surface area contributed by atoms with Crippen LogP contribution in [0, 0.1) is 0 Å². The van der Waals surface area contributed by atoms with E-state index >= 15 is 0 Å². The van der Waals surface area contributed by atoms with Gasteiger partial charge in [0.15, 0.2) is 5.79 Å². The van der Waals surface area contributed by atoms with Crippen LogP contribution in [-0.4, -0.2) is 55.1 Å². The molecule has 3 saturated heterocycles. The van der Waals surface area contributed by atoms with Crippen LogP contribution in [0.1, 0.15) is 32.1 Å². The lowest BCUT2D eigenvalue weighted by Gasteiger charge is -2.38. The van der Waals surface area contributed by atoms with Crippen molar-refractivity contribution in [1.29, 1.82) is 0 Å². The maximum atomic E-state index is 5.79. The third kappa shape index (κ3) is 2.77. The summed E-state index contributed by atoms with van der Waals surface area (Å²) in [6.07, 6.45) is 7.39. The first-order valence-electron chi connectivity index (χ1n) is 8.45. The van der Waals surface area contributed by atoms with Crippen molar-refractivity contribution >= 4 is 11.6 Å². The molecular weight excluding hydrogens is 280 g/mol. The second-order valence-corrected chi connectivity index (χ2v) is 6.38. The molecule has 0 amide bonds. The largest absolute Gasteiger partial charge is 0.356 e. The Labute approximate surface area is 131 Å². The Morgan fingerprint density at radius 2 is 1.41 bits per heavy atom. The summed E-state index contributed by atoms with van der Waals surface area (Å²) < 4.78 is 11.6. The molecule has 1 aromatic rings. The first-order chi connectivity index (χ1) is 10.8. The molecule has 1 aromatic heterocycles. The normalized spacial score (nSPS) is 24.9. The molecule has 0 bridgehead atoms. The number of nitrogens with zero attached hydrogens (tertiary/aromatic N) is 4. The highest BCUT2D eigenvalue weighted by Crippen LogP contribution is 2.33. The monoisotopic (exact) mass is 304 g/mol. The Bertz CT molecular complexity index is 503. The van der Waals surface area contributed by atoms with Crippen LogP contribution in [0.3, 0.4) is 0 Å². The standard InChI is InChI=1S/C16H24N4O2/c1-2-6-19(7-3-1)14-12-15(18-13-17-14)20-8-4-16(5-9-20)21-10-11-22-16/h12-13H,1-11H2. The van der Waals surface area contributed by atoms with Gasteiger partial charge in [0.25, 0.3) is 0 Å². The third-order valence-electron chi connectivity index (χ3n) is 4.98. The lowest BCUT2D eigenvalue weighted by molar-refractivity contribution is -0.169. The van der Waals surface area contributed by atoms with Crippen molar-refractivity contribution in [3.63, 3.8) is 0 Å². The minimum Gasteiger partial charge on any atom is -0.356 e. The molecule has 22 heavy (non-hydrogen) atoms. The molecule has 3 fully saturated rings. The van der Waals surface area contributed by atoms with Crippen molar-refractivity contribution < 1.29 is 9.47 Å². The highest BCUT2D eigenvalue weighted by atomic mass is 16.7. The summed E-state index contributed by atoms with van der Waals surface area (Å²) in [4.78, 5) is 13.7. The molecule has 0 N–H and O–H groups in total. The Morgan fingerprint density at radius 1 is 0.818 bits per heavy atom. The van der Waals surface area contributed by atoms with E-state index in [1.165, 1.54) is 19.3 Å². The lowest BCUT2D eigenvalue weighted by atomic mass is 10.0. The summed E-state index contributed by atoms with van der Waals surface area (Å²) in [7, 11) is 0. The summed E-state index contributed by atoms with van der Waals surface area (Å²) in [5, 5.41) is 0. The number of piperidine rings is 2. The Balaban J connectivity index is 1.44. The summed E-state index contributed by atoms with van der Waals surface area (Å²) in [5.74, 6) is 1.78. The van der Waals surface area contributed by atoms with Crippen LogP contribution in [0.5, 0.6) is 0 Å². The topological polar surface area (TPSA) is 50.7 Å². The molecule has 4 rings (SSSR count). The maximum absolute atomic E-state index is 5.79. The van der Waals surface area contributed by atoms with Crippen LogP contribution in [0.4, 0.5) is 11.6 Å². The predicted octanol–water partition coefficient (Wildman–Crippen LogP) is 1.81. The van der Waals surface area contributed by atoms with E-state index in [4.69, 9.17) is 9.47 Å². The number of hydrogen-bond acceptors (Lipinski definition) is 6. The Hall–Kier alpha value is -1.40. The van der Waals surface area contributed by atoms with E-state index < -0.39 is 0 Å². The van der Waals surface area contributed by atoms with Gasteiger partial charge in [-0.1, -0.05) is 0 Å². The molecular formula is C16H24N4O2. The van der Waals surface area contributed by atoms with Crippen molar-refractivity contribution in [3.8, 4) is 0 Å². The Kier molecular flexibility index (Phi) is 3.88. The van der Waals surface area contributed by atoms with Crippen LogP contribution in [-0.2, 0) is 9.47 Å². The van der Waals surface area contributed by atoms with E-state index in [0.717, 1.165) is 63.9 Å². The van der Waals surface area contributed by atoms with Crippen LogP contribution >= 0.6 is 0 Å². The van der Waals surface area contributed by atoms with Crippen molar-refractivity contribution in [2.75, 3.05) is 49.2 Å². The fourth-order valence-electron chi connectivity index (χ4n) is 3.67. The highest BCUT2D eigenvalue weighted by molar-refractivity contribution is 5.50. The maximum Gasteiger partial charge on any atom is 0.171 e. The third-order valence-corrected chi connectivity index (χ3v) is 4.98. The number of aromatic nitrogens is 2. The first-order valence-corrected chi connectivity index (χ1v) is 8.45. The lowest BCUT2D eigenvalue weighted by Crippen LogP contribution is -2.45. The number of ether oxygens (including phenoxy) is 2. The summed E-state index contributed by atoms with van der Waals surface area (Å²) in [6, 6.07) is 2.14. The van der Waals surface area contributed by atoms with Gasteiger partial charge in [-0.3, -0.25) is 0 Å². The van der Waals surface area contributed by atoms with Crippen LogP contribution in [0.15, 0.2) is 12.4 Å². The molecule has 6 heteroatoms. The fourth-order valence-corrected chi connectivity index (χ4v) is 3.67. The summed E-state index contributed by atoms with van der Waals surface area (Å²) in [5.41, 5.74) is 0. The molecule has 0 saturated carbocycles. The number of hydrogen-bond donors (Lipinski definition) is 0. The van der Waals surface area contributed by atoms with Gasteiger partial charge < -0.3 is 19.3 Å². The smallest absolute Gasteiger partial charge is 0.171 e. The van der Waals surface area contributed by atoms with Gasteiger partial charge in [0.1, 0.15) is 18.0 Å². The number of anilines is 2. The van der Waals surface area contributed by atoms with Gasteiger partial charge in [-0.2, -0.15) is 0 Å². The number of rotatable bonds is 2. The minimum absolute atomic E-state index is 0.320. The molecule has 0 radical (unpaired) electrons. The van der Waals surface area contributed by atoms with Gasteiger partial charge in [-0.15, -0.1) is 0 Å². The molecule has 120 valence electrons. The second-order valence-electron chi connectivity index (χ2n) is 6.38. The van der Waals surface area contributed by atoms with E-state index in [1.54, 1.807) is 6.33 Å². The minimum atomic E-state index is -0.320. The molecule has 0 unspecified atom stereocenters. The molecule has 0 aromatic carbocycles. The van der Waals surface area contributed by atoms with Crippen LogP contribution < -0.4 is 9.80 Å². The zero-order valence-corrected chi connectivity index (χ0v) is 13.0. The summed E-state index contributed by atoms with van der Waals surface area (Å²) in [6.45, 7) is 5.54. The van der Waals surface area contributed by atoms with Gasteiger partial charge >= 0.3 is 0 Å². The van der Waals surface area contributed by atoms with Crippen molar-refractivity contribution in [1.82, 2.24) is 9.97 Å². The van der Waals surface area contributed by atoms with E-state index in [1.807, 2.05) is 0 Å². The van der Waals surface area contributed by atoms with Crippen molar-refractivity contribution in [3.05, 3.63) is 12.4 Å². The molecule has 4 heterocycles. The van der Waals surface area contributed by atoms with E-state index in [2.05, 4.69) is 25.8 Å². The zero-order chi connectivity index (χ0) is 14.8. The fraction of sp³-hybridized carbons (Fsp3) is 0.750. The molecule has 1 spiro atoms. The van der Waals surface area contributed by atoms with Gasteiger partial charge in [0.05, 0.1) is 13.2 Å². The Morgan fingerprint density at radius 3 is 2.05 bits per heavy atom. The van der Waals surface area contributed by atoms with E-state index in [9.17, 15) is 0 Å². The van der Waals surface area contributed by atoms with Crippen LogP contribution in [0.2, 0.25) is 0 Å². The zero-order valence-electron chi connectivity index (χ0n) is 13.0. The average molecular weight is 304 g/mol. The molecule has 3 aliphatic heterocycles. The predicted molar refractivity (Wildman–Crippen MR) is 84.2 cm³/mol. The van der Waals surface area contributed by atoms with E-state index in [-0.39, 0.29) is 5.79 Å². The molecule has 0 atom stereocenters. The highest BCUT2D eigenvalue weighted by Gasteiger charge is 2.40. The molecule has 3 aliphatic rings. The quantitative estimate of drug-likeness (QED) is 0.830. The average Bonchev–Trinajstić information content (AvgIpc) is 3.05. The first kappa shape index (κ1) is 14.2. The van der Waals surface area contributed by atoms with Crippen molar-refractivity contribution in [2.45, 2.75) is 37.9 Å². The molecule has 6 nitrogen and oxygen atoms in total. The summed E-state index contributed by atoms with van der Waals surface area (Å²) >= 11 is 0. The SMILES string of the molecule is c1nc(N2CCCCC2)cc(N2CCC3(CC2)OCCO3)n1. The van der Waals surface area contributed by atoms with E-state index in [0.29, 0.717) is 0 Å². The second kappa shape index (κ2) is 6.01. The van der Waals surface area contributed by atoms with Gasteiger partial charge in [-0.25, -0.2) is 9.97 Å². The van der Waals surface area contributed by atoms with Crippen LogP contribution in [0.25, 0.3) is 0 Å². The van der Waals surface area contributed by atoms with Gasteiger partial charge in [0.2, 0.25) is 0 Å². The molecule has 0 aliphatic carbocycles. The van der Waals surface area contributed by atoms with Gasteiger partial charge in [0, 0.05) is 45.1 Å². The van der Waals surface area contributed by atoms with Gasteiger partial charge in [-0.05, 0) is 19.3 Å².